The van der Waals surface area contributed by atoms with Crippen LogP contribution < -0.4 is 14.5 Å². The summed E-state index contributed by atoms with van der Waals surface area (Å²) in [6, 6.07) is 23.0. The van der Waals surface area contributed by atoms with Gasteiger partial charge in [-0.05, 0) is 124 Å². The van der Waals surface area contributed by atoms with E-state index in [-0.39, 0.29) is 23.6 Å². The van der Waals surface area contributed by atoms with Crippen molar-refractivity contribution in [3.63, 3.8) is 0 Å². The second-order valence-corrected chi connectivity index (χ2v) is 14.3. The Labute approximate surface area is 306 Å². The largest absolute Gasteiger partial charge is 0.321 e. The first-order valence-corrected chi connectivity index (χ1v) is 18.5. The maximum absolute atomic E-state index is 13.5. The summed E-state index contributed by atoms with van der Waals surface area (Å²) in [6.45, 7) is 11.3. The summed E-state index contributed by atoms with van der Waals surface area (Å²) < 4.78 is 13.2. The lowest BCUT2D eigenvalue weighted by molar-refractivity contribution is 0.0988. The first-order chi connectivity index (χ1) is 24.0. The zero-order valence-corrected chi connectivity index (χ0v) is 31.3. The van der Waals surface area contributed by atoms with E-state index in [1.54, 1.807) is 30.0 Å². The highest BCUT2D eigenvalue weighted by Gasteiger charge is 2.27. The van der Waals surface area contributed by atoms with E-state index >= 15 is 0 Å². The molecule has 0 radical (unpaired) electrons. The summed E-state index contributed by atoms with van der Waals surface area (Å²) in [5, 5.41) is 14.6. The first-order valence-electron chi connectivity index (χ1n) is 15.2. The molecule has 0 spiro atoms. The molecule has 0 aliphatic heterocycles. The Bertz CT molecular complexity index is 1970. The van der Waals surface area contributed by atoms with Crippen LogP contribution in [-0.4, -0.2) is 52.4 Å². The molecule has 0 saturated heterocycles. The third-order valence-corrected chi connectivity index (χ3v) is 10.7. The molecule has 16 heteroatoms. The molecule has 0 aliphatic carbocycles. The predicted molar refractivity (Wildman–Crippen MR) is 202 cm³/mol. The maximum Gasteiger partial charge on any atom is 0.282 e. The molecule has 3 heterocycles. The Morgan fingerprint density at radius 2 is 1.00 bits per heavy atom. The minimum absolute atomic E-state index is 0.156. The van der Waals surface area contributed by atoms with E-state index in [4.69, 9.17) is 0 Å². The molecule has 6 aromatic rings. The number of hydrogen-bond donors (Lipinski definition) is 1. The van der Waals surface area contributed by atoms with Crippen molar-refractivity contribution in [3.8, 4) is 0 Å². The van der Waals surface area contributed by atoms with Crippen molar-refractivity contribution in [1.29, 1.82) is 0 Å². The monoisotopic (exact) mass is 743 g/mol. The van der Waals surface area contributed by atoms with Gasteiger partial charge in [0, 0.05) is 11.4 Å². The third-order valence-electron chi connectivity index (χ3n) is 7.22. The number of benzene rings is 3. The van der Waals surface area contributed by atoms with Crippen molar-refractivity contribution >= 4 is 81.3 Å². The van der Waals surface area contributed by atoms with Gasteiger partial charge in [0.1, 0.15) is 14.6 Å². The van der Waals surface area contributed by atoms with Gasteiger partial charge in [-0.15, -0.1) is 15.3 Å². The Morgan fingerprint density at radius 1 is 0.580 bits per heavy atom. The number of hydrogen-bond acceptors (Lipinski definition) is 13. The number of aryl methyl sites for hydroxylation is 6. The lowest BCUT2D eigenvalue weighted by atomic mass is 10.2. The van der Waals surface area contributed by atoms with Crippen molar-refractivity contribution in [2.45, 2.75) is 41.5 Å². The van der Waals surface area contributed by atoms with Crippen molar-refractivity contribution < 1.29 is 14.4 Å². The summed E-state index contributed by atoms with van der Waals surface area (Å²) in [4.78, 5) is 41.9. The predicted octanol–water partition coefficient (Wildman–Crippen LogP) is 7.63. The molecule has 0 aliphatic rings. The van der Waals surface area contributed by atoms with Crippen LogP contribution in [0.2, 0.25) is 0 Å². The van der Waals surface area contributed by atoms with Crippen LogP contribution in [0.25, 0.3) is 0 Å². The van der Waals surface area contributed by atoms with Crippen LogP contribution in [0.4, 0.5) is 17.1 Å². The molecule has 3 amide bonds. The highest BCUT2D eigenvalue weighted by atomic mass is 32.2. The number of rotatable bonds is 9. The molecule has 3 aromatic carbocycles. The summed E-state index contributed by atoms with van der Waals surface area (Å²) in [6.07, 6.45) is 0. The minimum atomic E-state index is -0.228. The Morgan fingerprint density at radius 3 is 1.46 bits per heavy atom. The standard InChI is InChI=1S/C23H22N6O2S3.C11H11N3OS/c1-14-5-9-18(10-6-14)28(22(30)20-16(3)24-26-33-20)13-32-29(19-11-7-15(2)8-12-19)23(31)21-17(4)25-27-34-21;1-7-3-5-9(6-4-7)12-11(15)10-8(2)13-14-16-10/h5-12H,13H2,1-4H3;3-6H,1-2H3,(H,12,15). The normalized spacial score (nSPS) is 10.6. The first kappa shape index (κ1) is 36.4. The van der Waals surface area contributed by atoms with Gasteiger partial charge >= 0.3 is 0 Å². The molecule has 1 N–H and O–H groups in total. The van der Waals surface area contributed by atoms with Crippen LogP contribution in [0.1, 0.15) is 62.8 Å². The van der Waals surface area contributed by atoms with Crippen LogP contribution in [0.3, 0.4) is 0 Å². The number of nitrogens with one attached hydrogen (secondary N) is 1. The number of aromatic nitrogens is 6. The molecule has 0 bridgehead atoms. The van der Waals surface area contributed by atoms with Gasteiger partial charge in [0.15, 0.2) is 0 Å². The number of nitrogens with zero attached hydrogens (tertiary/aromatic N) is 8. The van der Waals surface area contributed by atoms with Crippen LogP contribution in [0.15, 0.2) is 72.8 Å². The zero-order valence-electron chi connectivity index (χ0n) is 28.1. The number of carbonyl (C=O) groups is 3. The molecule has 12 nitrogen and oxygen atoms in total. The summed E-state index contributed by atoms with van der Waals surface area (Å²) in [7, 11) is 0. The topological polar surface area (TPSA) is 147 Å². The van der Waals surface area contributed by atoms with Gasteiger partial charge in [0.25, 0.3) is 17.7 Å². The average Bonchev–Trinajstić information content (AvgIpc) is 3.86. The highest BCUT2D eigenvalue weighted by Crippen LogP contribution is 2.30. The summed E-state index contributed by atoms with van der Waals surface area (Å²) in [5.74, 6) is -0.398. The molecular formula is C34H33N9O3S4. The van der Waals surface area contributed by atoms with Crippen molar-refractivity contribution in [2.24, 2.45) is 0 Å². The second-order valence-electron chi connectivity index (χ2n) is 11.1. The fourth-order valence-electron chi connectivity index (χ4n) is 4.36. The van der Waals surface area contributed by atoms with Gasteiger partial charge in [-0.3, -0.25) is 19.3 Å². The lowest BCUT2D eigenvalue weighted by Gasteiger charge is -2.27. The minimum Gasteiger partial charge on any atom is -0.321 e. The van der Waals surface area contributed by atoms with Crippen LogP contribution in [0.5, 0.6) is 0 Å². The molecule has 0 atom stereocenters. The molecular weight excluding hydrogens is 711 g/mol. The number of carbonyl (C=O) groups excluding carboxylic acids is 3. The summed E-state index contributed by atoms with van der Waals surface area (Å²) in [5.41, 5.74) is 7.36. The van der Waals surface area contributed by atoms with Crippen LogP contribution in [0, 0.1) is 41.5 Å². The van der Waals surface area contributed by atoms with Gasteiger partial charge in [-0.1, -0.05) is 66.6 Å². The molecule has 0 saturated carbocycles. The van der Waals surface area contributed by atoms with Gasteiger partial charge in [0.2, 0.25) is 0 Å². The van der Waals surface area contributed by atoms with Gasteiger partial charge in [0.05, 0.1) is 28.6 Å². The van der Waals surface area contributed by atoms with Crippen molar-refractivity contribution in [2.75, 3.05) is 20.4 Å². The Balaban J connectivity index is 0.000000253. The Hall–Kier alpha value is -4.90. The van der Waals surface area contributed by atoms with Crippen molar-refractivity contribution in [1.82, 2.24) is 28.8 Å². The molecule has 0 unspecified atom stereocenters. The van der Waals surface area contributed by atoms with Gasteiger partial charge < -0.3 is 5.32 Å². The average molecular weight is 744 g/mol. The summed E-state index contributed by atoms with van der Waals surface area (Å²) >= 11 is 4.47. The van der Waals surface area contributed by atoms with Crippen LogP contribution >= 0.6 is 46.5 Å². The quantitative estimate of drug-likeness (QED) is 0.116. The van der Waals surface area contributed by atoms with E-state index in [0.717, 1.165) is 62.7 Å². The second kappa shape index (κ2) is 16.7. The fraction of sp³-hybridized carbons (Fsp3) is 0.206. The third kappa shape index (κ3) is 9.01. The smallest absolute Gasteiger partial charge is 0.282 e. The van der Waals surface area contributed by atoms with E-state index in [9.17, 15) is 14.4 Å². The van der Waals surface area contributed by atoms with E-state index < -0.39 is 0 Å². The van der Waals surface area contributed by atoms with Crippen LogP contribution in [-0.2, 0) is 0 Å². The van der Waals surface area contributed by atoms with E-state index in [2.05, 4.69) is 34.1 Å². The van der Waals surface area contributed by atoms with E-state index in [0.29, 0.717) is 37.4 Å². The number of anilines is 3. The van der Waals surface area contributed by atoms with E-state index in [1.807, 2.05) is 93.6 Å². The highest BCUT2D eigenvalue weighted by molar-refractivity contribution is 8.01. The molecule has 0 fully saturated rings. The lowest BCUT2D eigenvalue weighted by Crippen LogP contribution is -2.34. The van der Waals surface area contributed by atoms with E-state index in [1.165, 1.54) is 11.9 Å². The fourth-order valence-corrected chi connectivity index (χ4v) is 7.14. The molecule has 256 valence electrons. The number of amides is 3. The molecule has 6 rings (SSSR count). The van der Waals surface area contributed by atoms with Gasteiger partial charge in [-0.2, -0.15) is 0 Å². The van der Waals surface area contributed by atoms with Crippen molar-refractivity contribution in [3.05, 3.63) is 121 Å². The molecule has 3 aromatic heterocycles. The zero-order chi connectivity index (χ0) is 35.8. The Kier molecular flexibility index (Phi) is 12.1. The van der Waals surface area contributed by atoms with Gasteiger partial charge in [-0.25, -0.2) is 4.31 Å². The maximum atomic E-state index is 13.5. The molecule has 50 heavy (non-hydrogen) atoms. The SMILES string of the molecule is Cc1ccc(N(CSN(C(=O)c2snnc2C)c2ccc(C)cc2)C(=O)c2snnc2C)cc1.Cc1ccc(NC(=O)c2snnc2C)cc1.